The van der Waals surface area contributed by atoms with Crippen LogP contribution in [0.25, 0.3) is 10.9 Å². The van der Waals surface area contributed by atoms with Crippen molar-refractivity contribution in [3.63, 3.8) is 0 Å². The van der Waals surface area contributed by atoms with E-state index < -0.39 is 0 Å². The number of carbonyl (C=O) groups is 1. The van der Waals surface area contributed by atoms with E-state index in [1.54, 1.807) is 18.3 Å². The van der Waals surface area contributed by atoms with Crippen LogP contribution >= 0.6 is 22.6 Å². The summed E-state index contributed by atoms with van der Waals surface area (Å²) in [7, 11) is 2.00. The van der Waals surface area contributed by atoms with Gasteiger partial charge in [-0.2, -0.15) is 5.10 Å². The second kappa shape index (κ2) is 6.64. The smallest absolute Gasteiger partial charge is 0.271 e. The maximum Gasteiger partial charge on any atom is 0.271 e. The monoisotopic (exact) mass is 433 g/mol. The van der Waals surface area contributed by atoms with Crippen LogP contribution < -0.4 is 5.43 Å². The Hall–Kier alpha value is -2.35. The molecule has 0 spiro atoms. The normalized spacial score (nSPS) is 11.3. The zero-order valence-electron chi connectivity index (χ0n) is 13.2. The quantitative estimate of drug-likeness (QED) is 0.377. The van der Waals surface area contributed by atoms with E-state index in [-0.39, 0.29) is 11.7 Å². The molecule has 0 saturated carbocycles. The Kier molecular flexibility index (Phi) is 4.57. The molecule has 0 bridgehead atoms. The molecule has 0 aliphatic heterocycles. The Labute approximate surface area is 153 Å². The van der Waals surface area contributed by atoms with Crippen LogP contribution in [0.3, 0.4) is 0 Å². The van der Waals surface area contributed by atoms with Gasteiger partial charge in [0.1, 0.15) is 5.75 Å². The Morgan fingerprint density at radius 3 is 2.79 bits per heavy atom. The molecule has 2 N–H and O–H groups in total. The summed E-state index contributed by atoms with van der Waals surface area (Å²) < 4.78 is 2.79. The number of hydrogen-bond acceptors (Lipinski definition) is 3. The number of aryl methyl sites for hydroxylation is 1. The highest BCUT2D eigenvalue weighted by Gasteiger charge is 2.10. The Bertz CT molecular complexity index is 960. The summed E-state index contributed by atoms with van der Waals surface area (Å²) in [4.78, 5) is 12.1. The average molecular weight is 433 g/mol. The van der Waals surface area contributed by atoms with Crippen LogP contribution in [0.4, 0.5) is 0 Å². The summed E-state index contributed by atoms with van der Waals surface area (Å²) in [6, 6.07) is 12.8. The van der Waals surface area contributed by atoms with Gasteiger partial charge in [0.05, 0.1) is 9.78 Å². The van der Waals surface area contributed by atoms with E-state index in [1.807, 2.05) is 60.8 Å². The first-order chi connectivity index (χ1) is 11.5. The number of amides is 1. The van der Waals surface area contributed by atoms with Crippen molar-refractivity contribution < 1.29 is 9.90 Å². The van der Waals surface area contributed by atoms with Gasteiger partial charge in [0.25, 0.3) is 5.91 Å². The third-order valence-electron chi connectivity index (χ3n) is 4.02. The number of aromatic nitrogens is 1. The molecule has 1 amide bonds. The van der Waals surface area contributed by atoms with Crippen molar-refractivity contribution in [3.05, 3.63) is 62.9 Å². The molecule has 24 heavy (non-hydrogen) atoms. The highest BCUT2D eigenvalue weighted by molar-refractivity contribution is 14.1. The number of halogens is 1. The zero-order chi connectivity index (χ0) is 17.3. The van der Waals surface area contributed by atoms with Crippen LogP contribution in [-0.2, 0) is 7.05 Å². The van der Waals surface area contributed by atoms with E-state index in [1.165, 1.54) is 6.07 Å². The molecule has 3 rings (SSSR count). The molecular formula is C18H16IN3O2. The molecule has 0 unspecified atom stereocenters. The molecule has 6 heteroatoms. The number of nitrogens with zero attached hydrogens (tertiary/aromatic N) is 2. The molecular weight excluding hydrogens is 417 g/mol. The number of hydrazone groups is 1. The van der Waals surface area contributed by atoms with Crippen molar-refractivity contribution >= 4 is 45.6 Å². The maximum atomic E-state index is 12.1. The van der Waals surface area contributed by atoms with Crippen molar-refractivity contribution in [2.24, 2.45) is 12.1 Å². The maximum absolute atomic E-state index is 12.1. The summed E-state index contributed by atoms with van der Waals surface area (Å²) in [5, 5.41) is 14.8. The standard InChI is InChI=1S/C18H16IN3O2/c1-11-14(13-5-3-4-6-16(13)22(11)2)10-20-21-18(24)12-7-8-15(19)17(23)9-12/h3-10,23H,1-2H3,(H,21,24)/b20-10+. The molecule has 5 nitrogen and oxygen atoms in total. The van der Waals surface area contributed by atoms with Crippen molar-refractivity contribution in [3.8, 4) is 5.75 Å². The van der Waals surface area contributed by atoms with Crippen LogP contribution in [0.2, 0.25) is 0 Å². The fraction of sp³-hybridized carbons (Fsp3) is 0.111. The fourth-order valence-electron chi connectivity index (χ4n) is 2.59. The van der Waals surface area contributed by atoms with Crippen LogP contribution in [0.1, 0.15) is 21.6 Å². The number of para-hydroxylation sites is 1. The number of hydrogen-bond donors (Lipinski definition) is 2. The lowest BCUT2D eigenvalue weighted by Crippen LogP contribution is -2.17. The van der Waals surface area contributed by atoms with Gasteiger partial charge in [0.2, 0.25) is 0 Å². The minimum Gasteiger partial charge on any atom is -0.507 e. The minimum absolute atomic E-state index is 0.0807. The van der Waals surface area contributed by atoms with E-state index in [4.69, 9.17) is 0 Å². The first kappa shape index (κ1) is 16.5. The molecule has 0 saturated heterocycles. The van der Waals surface area contributed by atoms with Gasteiger partial charge in [-0.25, -0.2) is 5.43 Å². The van der Waals surface area contributed by atoms with E-state index >= 15 is 0 Å². The van der Waals surface area contributed by atoms with Gasteiger partial charge in [-0.05, 0) is 53.8 Å². The Morgan fingerprint density at radius 2 is 2.04 bits per heavy atom. The summed E-state index contributed by atoms with van der Waals surface area (Å²) in [5.74, 6) is -0.284. The van der Waals surface area contributed by atoms with Crippen LogP contribution in [0, 0.1) is 10.5 Å². The predicted octanol–water partition coefficient (Wildman–Crippen LogP) is 3.56. The van der Waals surface area contributed by atoms with Crippen LogP contribution in [0.5, 0.6) is 5.75 Å². The number of rotatable bonds is 3. The van der Waals surface area contributed by atoms with Crippen molar-refractivity contribution in [1.29, 1.82) is 0 Å². The van der Waals surface area contributed by atoms with E-state index in [9.17, 15) is 9.90 Å². The van der Waals surface area contributed by atoms with Crippen molar-refractivity contribution in [2.75, 3.05) is 0 Å². The lowest BCUT2D eigenvalue weighted by Gasteiger charge is -2.02. The lowest BCUT2D eigenvalue weighted by molar-refractivity contribution is 0.0954. The number of nitrogens with one attached hydrogen (secondary N) is 1. The Morgan fingerprint density at radius 1 is 1.29 bits per heavy atom. The molecule has 122 valence electrons. The van der Waals surface area contributed by atoms with Gasteiger partial charge >= 0.3 is 0 Å². The molecule has 2 aromatic carbocycles. The number of phenolic OH excluding ortho intramolecular Hbond substituents is 1. The minimum atomic E-state index is -0.365. The fourth-order valence-corrected chi connectivity index (χ4v) is 2.92. The lowest BCUT2D eigenvalue weighted by atomic mass is 10.1. The van der Waals surface area contributed by atoms with Gasteiger partial charge < -0.3 is 9.67 Å². The van der Waals surface area contributed by atoms with Gasteiger partial charge in [-0.1, -0.05) is 18.2 Å². The number of fused-ring (bicyclic) bond motifs is 1. The first-order valence-electron chi connectivity index (χ1n) is 7.35. The number of aromatic hydroxyl groups is 1. The molecule has 0 aliphatic rings. The van der Waals surface area contributed by atoms with Gasteiger partial charge in [-0.15, -0.1) is 0 Å². The van der Waals surface area contributed by atoms with E-state index in [2.05, 4.69) is 15.1 Å². The third kappa shape index (κ3) is 3.01. The summed E-state index contributed by atoms with van der Waals surface area (Å²) in [6.45, 7) is 2.01. The molecule has 3 aromatic rings. The summed E-state index contributed by atoms with van der Waals surface area (Å²) in [6.07, 6.45) is 1.65. The second-order valence-electron chi connectivity index (χ2n) is 5.44. The first-order valence-corrected chi connectivity index (χ1v) is 8.43. The topological polar surface area (TPSA) is 66.6 Å². The number of benzene rings is 2. The van der Waals surface area contributed by atoms with E-state index in [0.29, 0.717) is 9.13 Å². The van der Waals surface area contributed by atoms with Crippen LogP contribution in [0.15, 0.2) is 47.6 Å². The SMILES string of the molecule is Cc1c(/C=N/NC(=O)c2ccc(I)c(O)c2)c2ccccc2n1C. The Balaban J connectivity index is 1.83. The van der Waals surface area contributed by atoms with Crippen LogP contribution in [-0.4, -0.2) is 21.8 Å². The zero-order valence-corrected chi connectivity index (χ0v) is 15.4. The van der Waals surface area contributed by atoms with Gasteiger partial charge in [-0.3, -0.25) is 4.79 Å². The third-order valence-corrected chi connectivity index (χ3v) is 4.93. The highest BCUT2D eigenvalue weighted by atomic mass is 127. The number of carbonyl (C=O) groups excluding carboxylic acids is 1. The van der Waals surface area contributed by atoms with Crippen molar-refractivity contribution in [1.82, 2.24) is 9.99 Å². The molecule has 0 fully saturated rings. The van der Waals surface area contributed by atoms with Crippen molar-refractivity contribution in [2.45, 2.75) is 6.92 Å². The van der Waals surface area contributed by atoms with Gasteiger partial charge in [0.15, 0.2) is 0 Å². The predicted molar refractivity (Wildman–Crippen MR) is 104 cm³/mol. The summed E-state index contributed by atoms with van der Waals surface area (Å²) in [5.41, 5.74) is 6.02. The van der Waals surface area contributed by atoms with Gasteiger partial charge in [0, 0.05) is 34.8 Å². The second-order valence-corrected chi connectivity index (χ2v) is 6.60. The molecule has 0 atom stereocenters. The molecule has 1 heterocycles. The molecule has 0 aliphatic carbocycles. The average Bonchev–Trinajstić information content (AvgIpc) is 2.82. The van der Waals surface area contributed by atoms with E-state index in [0.717, 1.165) is 22.2 Å². The highest BCUT2D eigenvalue weighted by Crippen LogP contribution is 2.23. The number of phenols is 1. The summed E-state index contributed by atoms with van der Waals surface area (Å²) >= 11 is 2.00. The molecule has 0 radical (unpaired) electrons. The largest absolute Gasteiger partial charge is 0.507 e. The molecule has 1 aromatic heterocycles.